The average molecular weight is 316 g/mol. The lowest BCUT2D eigenvalue weighted by molar-refractivity contribution is -0.131. The van der Waals surface area contributed by atoms with Gasteiger partial charge in [-0.05, 0) is 25.2 Å². The van der Waals surface area contributed by atoms with Gasteiger partial charge in [0.05, 0.1) is 0 Å². The first-order chi connectivity index (χ1) is 9.83. The first kappa shape index (κ1) is 17.0. The minimum atomic E-state index is 0. The molecule has 0 aromatic carbocycles. The van der Waals surface area contributed by atoms with Gasteiger partial charge in [-0.2, -0.15) is 0 Å². The summed E-state index contributed by atoms with van der Waals surface area (Å²) < 4.78 is 0. The highest BCUT2D eigenvalue weighted by molar-refractivity contribution is 5.85. The lowest BCUT2D eigenvalue weighted by Gasteiger charge is -2.32. The van der Waals surface area contributed by atoms with Crippen LogP contribution in [-0.2, 0) is 4.79 Å². The summed E-state index contributed by atoms with van der Waals surface area (Å²) in [6, 6.07) is 0.618. The van der Waals surface area contributed by atoms with Crippen LogP contribution in [0.15, 0.2) is 0 Å². The number of likely N-dealkylation sites (tertiary alicyclic amines) is 1. The van der Waals surface area contributed by atoms with E-state index in [0.717, 1.165) is 45.7 Å². The quantitative estimate of drug-likeness (QED) is 0.864. The summed E-state index contributed by atoms with van der Waals surface area (Å²) in [6.45, 7) is 6.47. The topological polar surface area (TPSA) is 35.6 Å². The van der Waals surface area contributed by atoms with Gasteiger partial charge in [0.15, 0.2) is 0 Å². The molecule has 2 aliphatic heterocycles. The van der Waals surface area contributed by atoms with E-state index in [9.17, 15) is 4.79 Å². The van der Waals surface area contributed by atoms with Crippen LogP contribution in [0.2, 0.25) is 0 Å². The van der Waals surface area contributed by atoms with Crippen molar-refractivity contribution in [1.29, 1.82) is 0 Å². The molecule has 3 fully saturated rings. The maximum Gasteiger partial charge on any atom is 0.222 e. The average Bonchev–Trinajstić information content (AvgIpc) is 2.99. The molecule has 1 saturated carbocycles. The van der Waals surface area contributed by atoms with E-state index in [1.165, 1.54) is 38.5 Å². The molecule has 21 heavy (non-hydrogen) atoms. The molecule has 1 atom stereocenters. The van der Waals surface area contributed by atoms with E-state index in [2.05, 4.69) is 15.1 Å². The molecule has 0 spiro atoms. The fraction of sp³-hybridized carbons (Fsp3) is 0.938. The van der Waals surface area contributed by atoms with Crippen molar-refractivity contribution in [2.75, 3.05) is 39.3 Å². The highest BCUT2D eigenvalue weighted by Gasteiger charge is 2.31. The van der Waals surface area contributed by atoms with Gasteiger partial charge in [0.25, 0.3) is 0 Å². The number of carbonyl (C=O) groups excluding carboxylic acids is 1. The van der Waals surface area contributed by atoms with Crippen LogP contribution < -0.4 is 5.32 Å². The monoisotopic (exact) mass is 315 g/mol. The van der Waals surface area contributed by atoms with Crippen molar-refractivity contribution in [3.05, 3.63) is 0 Å². The molecular weight excluding hydrogens is 286 g/mol. The molecule has 122 valence electrons. The normalized spacial score (nSPS) is 28.4. The van der Waals surface area contributed by atoms with Gasteiger partial charge < -0.3 is 10.2 Å². The molecule has 1 amide bonds. The van der Waals surface area contributed by atoms with Crippen LogP contribution in [0.4, 0.5) is 0 Å². The molecule has 2 saturated heterocycles. The molecule has 4 nitrogen and oxygen atoms in total. The van der Waals surface area contributed by atoms with E-state index in [1.54, 1.807) is 0 Å². The van der Waals surface area contributed by atoms with Crippen LogP contribution in [0.3, 0.4) is 0 Å². The second-order valence-electron chi connectivity index (χ2n) is 6.78. The van der Waals surface area contributed by atoms with E-state index in [4.69, 9.17) is 0 Å². The first-order valence-corrected chi connectivity index (χ1v) is 8.55. The zero-order valence-electron chi connectivity index (χ0n) is 13.1. The number of rotatable bonds is 3. The van der Waals surface area contributed by atoms with Gasteiger partial charge in [-0.1, -0.05) is 19.3 Å². The minimum Gasteiger partial charge on any atom is -0.341 e. The summed E-state index contributed by atoms with van der Waals surface area (Å²) in [7, 11) is 0. The predicted molar refractivity (Wildman–Crippen MR) is 87.9 cm³/mol. The Hall–Kier alpha value is -0.320. The van der Waals surface area contributed by atoms with Crippen molar-refractivity contribution in [2.24, 2.45) is 5.92 Å². The van der Waals surface area contributed by atoms with Gasteiger partial charge in [-0.3, -0.25) is 9.69 Å². The van der Waals surface area contributed by atoms with E-state index in [0.29, 0.717) is 17.9 Å². The maximum absolute atomic E-state index is 12.4. The zero-order chi connectivity index (χ0) is 13.8. The fourth-order valence-electron chi connectivity index (χ4n) is 4.08. The zero-order valence-corrected chi connectivity index (χ0v) is 13.9. The molecule has 2 heterocycles. The third-order valence-electron chi connectivity index (χ3n) is 5.37. The fourth-order valence-corrected chi connectivity index (χ4v) is 4.08. The second kappa shape index (κ2) is 8.35. The molecule has 3 rings (SSSR count). The van der Waals surface area contributed by atoms with Crippen molar-refractivity contribution in [3.63, 3.8) is 0 Å². The Morgan fingerprint density at radius 1 is 1.00 bits per heavy atom. The van der Waals surface area contributed by atoms with E-state index in [1.807, 2.05) is 0 Å². The molecule has 0 aromatic heterocycles. The van der Waals surface area contributed by atoms with Crippen LogP contribution in [0.1, 0.15) is 44.9 Å². The Balaban J connectivity index is 0.00000161. The van der Waals surface area contributed by atoms with Crippen molar-refractivity contribution in [3.8, 4) is 0 Å². The highest BCUT2D eigenvalue weighted by atomic mass is 35.5. The first-order valence-electron chi connectivity index (χ1n) is 8.55. The summed E-state index contributed by atoms with van der Waals surface area (Å²) in [5, 5.41) is 3.40. The summed E-state index contributed by atoms with van der Waals surface area (Å²) >= 11 is 0. The molecule has 0 radical (unpaired) electrons. The molecule has 3 aliphatic rings. The number of amides is 1. The van der Waals surface area contributed by atoms with Crippen molar-refractivity contribution in [1.82, 2.24) is 15.1 Å². The second-order valence-corrected chi connectivity index (χ2v) is 6.78. The lowest BCUT2D eigenvalue weighted by Crippen LogP contribution is -2.49. The number of halogens is 1. The Kier molecular flexibility index (Phi) is 6.77. The van der Waals surface area contributed by atoms with Crippen LogP contribution in [0.5, 0.6) is 0 Å². The number of carbonyl (C=O) groups is 1. The van der Waals surface area contributed by atoms with Gasteiger partial charge in [0, 0.05) is 51.7 Å². The van der Waals surface area contributed by atoms with Crippen LogP contribution in [0.25, 0.3) is 0 Å². The third-order valence-corrected chi connectivity index (χ3v) is 5.37. The maximum atomic E-state index is 12.4. The minimum absolute atomic E-state index is 0. The SMILES string of the molecule is Cl.O=C(CC1CCCCC1)N1CCC(N2CCNCC2)C1. The molecule has 0 bridgehead atoms. The van der Waals surface area contributed by atoms with Crippen LogP contribution in [-0.4, -0.2) is 61.0 Å². The molecular formula is C16H30ClN3O. The van der Waals surface area contributed by atoms with Crippen LogP contribution in [0, 0.1) is 5.92 Å². The van der Waals surface area contributed by atoms with Crippen molar-refractivity contribution < 1.29 is 4.79 Å². The van der Waals surface area contributed by atoms with Gasteiger partial charge in [-0.15, -0.1) is 12.4 Å². The third kappa shape index (κ3) is 4.57. The molecule has 0 aromatic rings. The van der Waals surface area contributed by atoms with E-state index < -0.39 is 0 Å². The Labute approximate surface area is 135 Å². The number of hydrogen-bond acceptors (Lipinski definition) is 3. The van der Waals surface area contributed by atoms with Crippen molar-refractivity contribution >= 4 is 18.3 Å². The van der Waals surface area contributed by atoms with Crippen molar-refractivity contribution in [2.45, 2.75) is 51.0 Å². The molecule has 1 aliphatic carbocycles. The summed E-state index contributed by atoms with van der Waals surface area (Å²) in [5.74, 6) is 1.10. The van der Waals surface area contributed by atoms with E-state index in [-0.39, 0.29) is 12.4 Å². The molecule has 5 heteroatoms. The van der Waals surface area contributed by atoms with E-state index >= 15 is 0 Å². The summed E-state index contributed by atoms with van der Waals surface area (Å²) in [5.41, 5.74) is 0. The molecule has 1 N–H and O–H groups in total. The van der Waals surface area contributed by atoms with Gasteiger partial charge in [0.2, 0.25) is 5.91 Å². The highest BCUT2D eigenvalue weighted by Crippen LogP contribution is 2.27. The smallest absolute Gasteiger partial charge is 0.222 e. The number of hydrogen-bond donors (Lipinski definition) is 1. The Bertz CT molecular complexity index is 327. The standard InChI is InChI=1S/C16H29N3O.ClH/c20-16(12-14-4-2-1-3-5-14)19-9-6-15(13-19)18-10-7-17-8-11-18;/h14-15,17H,1-13H2;1H. The predicted octanol–water partition coefficient (Wildman–Crippen LogP) is 1.88. The summed E-state index contributed by atoms with van der Waals surface area (Å²) in [4.78, 5) is 17.2. The summed E-state index contributed by atoms with van der Waals surface area (Å²) in [6.07, 6.45) is 8.59. The Morgan fingerprint density at radius 3 is 2.43 bits per heavy atom. The largest absolute Gasteiger partial charge is 0.341 e. The van der Waals surface area contributed by atoms with Gasteiger partial charge >= 0.3 is 0 Å². The van der Waals surface area contributed by atoms with Crippen LogP contribution >= 0.6 is 12.4 Å². The molecule has 1 unspecified atom stereocenters. The Morgan fingerprint density at radius 2 is 1.71 bits per heavy atom. The number of nitrogens with zero attached hydrogens (tertiary/aromatic N) is 2. The number of nitrogens with one attached hydrogen (secondary N) is 1. The number of piperazine rings is 1. The lowest BCUT2D eigenvalue weighted by atomic mass is 9.87. The van der Waals surface area contributed by atoms with Gasteiger partial charge in [-0.25, -0.2) is 0 Å². The van der Waals surface area contributed by atoms with Gasteiger partial charge in [0.1, 0.15) is 0 Å².